The summed E-state index contributed by atoms with van der Waals surface area (Å²) >= 11 is 0. The second-order valence-electron chi connectivity index (χ2n) is 8.97. The molecule has 2 fully saturated rings. The number of carbonyl (C=O) groups excluding carboxylic acids is 1. The molecule has 4 heterocycles. The van der Waals surface area contributed by atoms with E-state index >= 15 is 0 Å². The molecule has 1 aromatic carbocycles. The summed E-state index contributed by atoms with van der Waals surface area (Å²) in [7, 11) is 0. The number of amides is 1. The molecule has 1 amide bonds. The van der Waals surface area contributed by atoms with Crippen LogP contribution in [0.15, 0.2) is 42.9 Å². The van der Waals surface area contributed by atoms with Crippen molar-refractivity contribution >= 4 is 42.1 Å². The molecule has 5 rings (SSSR count). The highest BCUT2D eigenvalue weighted by Gasteiger charge is 2.30. The molecule has 0 unspecified atom stereocenters. The van der Waals surface area contributed by atoms with E-state index in [1.807, 2.05) is 0 Å². The third-order valence-corrected chi connectivity index (χ3v) is 6.52. The van der Waals surface area contributed by atoms with Crippen molar-refractivity contribution in [2.45, 2.75) is 44.0 Å². The van der Waals surface area contributed by atoms with Gasteiger partial charge in [0, 0.05) is 49.9 Å². The van der Waals surface area contributed by atoms with E-state index in [1.54, 1.807) is 23.0 Å². The molecule has 13 heteroatoms. The molecule has 202 valence electrons. The molecule has 0 bridgehead atoms. The zero-order valence-electron chi connectivity index (χ0n) is 19.9. The summed E-state index contributed by atoms with van der Waals surface area (Å²) in [6.07, 6.45) is 2.07. The number of carbonyl (C=O) groups is 1. The number of benzene rings is 1. The van der Waals surface area contributed by atoms with Gasteiger partial charge in [-0.25, -0.2) is 9.97 Å². The minimum atomic E-state index is -4.33. The first-order valence-electron chi connectivity index (χ1n) is 11.8. The number of halogens is 5. The molecular weight excluding hydrogens is 532 g/mol. The van der Waals surface area contributed by atoms with Crippen molar-refractivity contribution in [2.75, 3.05) is 31.1 Å². The lowest BCUT2D eigenvalue weighted by Gasteiger charge is -2.33. The van der Waals surface area contributed by atoms with E-state index in [0.717, 1.165) is 43.8 Å². The fourth-order valence-corrected chi connectivity index (χ4v) is 4.54. The molecule has 2 aliphatic heterocycles. The van der Waals surface area contributed by atoms with Crippen LogP contribution in [0.2, 0.25) is 0 Å². The van der Waals surface area contributed by atoms with Crippen LogP contribution in [-0.4, -0.2) is 58.6 Å². The van der Waals surface area contributed by atoms with E-state index in [2.05, 4.69) is 25.5 Å². The zero-order valence-corrected chi connectivity index (χ0v) is 21.5. The number of piperidine rings is 2. The lowest BCUT2D eigenvalue weighted by Crippen LogP contribution is -2.42. The van der Waals surface area contributed by atoms with E-state index in [1.165, 1.54) is 12.1 Å². The van der Waals surface area contributed by atoms with Crippen LogP contribution in [-0.2, 0) is 6.18 Å². The van der Waals surface area contributed by atoms with Crippen LogP contribution < -0.4 is 20.3 Å². The maximum absolute atomic E-state index is 12.8. The molecule has 8 nitrogen and oxygen atoms in total. The van der Waals surface area contributed by atoms with E-state index in [-0.39, 0.29) is 42.9 Å². The van der Waals surface area contributed by atoms with Crippen molar-refractivity contribution in [3.8, 4) is 5.88 Å². The van der Waals surface area contributed by atoms with Gasteiger partial charge in [-0.3, -0.25) is 9.20 Å². The number of hydrogen-bond donors (Lipinski definition) is 2. The Morgan fingerprint density at radius 3 is 2.38 bits per heavy atom. The van der Waals surface area contributed by atoms with E-state index in [0.29, 0.717) is 43.2 Å². The normalized spacial score (nSPS) is 17.1. The van der Waals surface area contributed by atoms with Gasteiger partial charge in [-0.15, -0.1) is 24.8 Å². The minimum absolute atomic E-state index is 0. The standard InChI is InChI=1S/C24H27F3N6O2.2ClH/c25-24(26,27)16-1-3-18(4-2-16)32-11-7-19(8-12-32)35-22-13-21-31-20(14-33(21)15-29-22)23(34)30-17-5-9-28-10-6-17;;/h1-4,13-15,17,19,28H,5-12H2,(H,30,34);2*1H. The summed E-state index contributed by atoms with van der Waals surface area (Å²) in [6, 6.07) is 7.11. The van der Waals surface area contributed by atoms with Gasteiger partial charge < -0.3 is 20.3 Å². The molecule has 0 saturated carbocycles. The summed E-state index contributed by atoms with van der Waals surface area (Å²) in [5, 5.41) is 6.31. The Morgan fingerprint density at radius 1 is 1.05 bits per heavy atom. The smallest absolute Gasteiger partial charge is 0.416 e. The third kappa shape index (κ3) is 6.97. The molecule has 0 radical (unpaired) electrons. The molecular formula is C24H29Cl2F3N6O2. The molecule has 0 spiro atoms. The number of imidazole rings is 1. The Hall–Kier alpha value is -2.76. The Balaban J connectivity index is 0.00000190. The number of ether oxygens (including phenoxy) is 1. The first-order chi connectivity index (χ1) is 16.8. The molecule has 0 atom stereocenters. The third-order valence-electron chi connectivity index (χ3n) is 6.52. The van der Waals surface area contributed by atoms with E-state index in [9.17, 15) is 18.0 Å². The Kier molecular flexibility index (Phi) is 9.49. The van der Waals surface area contributed by atoms with Crippen LogP contribution in [0, 0.1) is 0 Å². The molecule has 0 aliphatic carbocycles. The van der Waals surface area contributed by atoms with E-state index < -0.39 is 11.7 Å². The lowest BCUT2D eigenvalue weighted by atomic mass is 10.1. The number of fused-ring (bicyclic) bond motifs is 1. The molecule has 2 aromatic heterocycles. The quantitative estimate of drug-likeness (QED) is 0.488. The number of aromatic nitrogens is 3. The van der Waals surface area contributed by atoms with Gasteiger partial charge in [-0.1, -0.05) is 0 Å². The first kappa shape index (κ1) is 28.8. The summed E-state index contributed by atoms with van der Waals surface area (Å²) in [4.78, 5) is 23.4. The molecule has 3 aromatic rings. The monoisotopic (exact) mass is 560 g/mol. The second kappa shape index (κ2) is 12.2. The van der Waals surface area contributed by atoms with Gasteiger partial charge in [0.1, 0.15) is 23.8 Å². The van der Waals surface area contributed by atoms with Crippen LogP contribution in [0.1, 0.15) is 41.7 Å². The Morgan fingerprint density at radius 2 is 1.73 bits per heavy atom. The van der Waals surface area contributed by atoms with Gasteiger partial charge in [-0.2, -0.15) is 13.2 Å². The molecule has 2 aliphatic rings. The van der Waals surface area contributed by atoms with Gasteiger partial charge >= 0.3 is 6.18 Å². The number of anilines is 1. The highest BCUT2D eigenvalue weighted by Crippen LogP contribution is 2.31. The van der Waals surface area contributed by atoms with Crippen LogP contribution in [0.25, 0.3) is 5.65 Å². The largest absolute Gasteiger partial charge is 0.474 e. The number of nitrogens with zero attached hydrogens (tertiary/aromatic N) is 4. The minimum Gasteiger partial charge on any atom is -0.474 e. The average Bonchev–Trinajstić information content (AvgIpc) is 3.29. The fourth-order valence-electron chi connectivity index (χ4n) is 4.54. The average molecular weight is 561 g/mol. The van der Waals surface area contributed by atoms with Crippen molar-refractivity contribution in [1.29, 1.82) is 0 Å². The van der Waals surface area contributed by atoms with Crippen molar-refractivity contribution in [3.63, 3.8) is 0 Å². The molecule has 2 saturated heterocycles. The van der Waals surface area contributed by atoms with Crippen LogP contribution in [0.4, 0.5) is 18.9 Å². The number of rotatable bonds is 5. The SMILES string of the molecule is Cl.Cl.O=C(NC1CCNCC1)c1cn2cnc(OC3CCN(c4ccc(C(F)(F)F)cc4)CC3)cc2n1. The maximum atomic E-state index is 12.8. The highest BCUT2D eigenvalue weighted by atomic mass is 35.5. The number of hydrogen-bond acceptors (Lipinski definition) is 6. The zero-order chi connectivity index (χ0) is 24.4. The lowest BCUT2D eigenvalue weighted by molar-refractivity contribution is -0.137. The Labute approximate surface area is 224 Å². The summed E-state index contributed by atoms with van der Waals surface area (Å²) in [6.45, 7) is 3.12. The summed E-state index contributed by atoms with van der Waals surface area (Å²) < 4.78 is 46.1. The topological polar surface area (TPSA) is 83.8 Å². The highest BCUT2D eigenvalue weighted by molar-refractivity contribution is 5.93. The fraction of sp³-hybridized carbons (Fsp3) is 0.458. The van der Waals surface area contributed by atoms with Crippen LogP contribution in [0.3, 0.4) is 0 Å². The van der Waals surface area contributed by atoms with Crippen molar-refractivity contribution < 1.29 is 22.7 Å². The van der Waals surface area contributed by atoms with Crippen LogP contribution >= 0.6 is 24.8 Å². The maximum Gasteiger partial charge on any atom is 0.416 e. The molecule has 2 N–H and O–H groups in total. The molecule has 37 heavy (non-hydrogen) atoms. The van der Waals surface area contributed by atoms with Gasteiger partial charge in [0.15, 0.2) is 0 Å². The van der Waals surface area contributed by atoms with Crippen LogP contribution in [0.5, 0.6) is 5.88 Å². The van der Waals surface area contributed by atoms with Crippen molar-refractivity contribution in [1.82, 2.24) is 25.0 Å². The van der Waals surface area contributed by atoms with Gasteiger partial charge in [0.05, 0.1) is 5.56 Å². The predicted molar refractivity (Wildman–Crippen MR) is 138 cm³/mol. The summed E-state index contributed by atoms with van der Waals surface area (Å²) in [5.41, 5.74) is 1.04. The summed E-state index contributed by atoms with van der Waals surface area (Å²) in [5.74, 6) is 0.236. The van der Waals surface area contributed by atoms with Gasteiger partial charge in [0.2, 0.25) is 5.88 Å². The van der Waals surface area contributed by atoms with E-state index in [4.69, 9.17) is 4.74 Å². The van der Waals surface area contributed by atoms with Gasteiger partial charge in [-0.05, 0) is 50.2 Å². The van der Waals surface area contributed by atoms with Crippen molar-refractivity contribution in [2.24, 2.45) is 0 Å². The predicted octanol–water partition coefficient (Wildman–Crippen LogP) is 4.12. The van der Waals surface area contributed by atoms with Crippen molar-refractivity contribution in [3.05, 3.63) is 54.1 Å². The first-order valence-corrected chi connectivity index (χ1v) is 11.8. The second-order valence-corrected chi connectivity index (χ2v) is 8.97. The van der Waals surface area contributed by atoms with Gasteiger partial charge in [0.25, 0.3) is 5.91 Å². The number of nitrogens with one attached hydrogen (secondary N) is 2. The Bertz CT molecular complexity index is 1180. The number of alkyl halides is 3.